The number of hydrogen-bond donors (Lipinski definition) is 1. The van der Waals surface area contributed by atoms with Gasteiger partial charge in [0.2, 0.25) is 5.91 Å². The number of aliphatic hydroxyl groups is 1. The summed E-state index contributed by atoms with van der Waals surface area (Å²) in [7, 11) is 0. The van der Waals surface area contributed by atoms with Gasteiger partial charge in [0, 0.05) is 18.9 Å². The summed E-state index contributed by atoms with van der Waals surface area (Å²) in [5.41, 5.74) is 0.687. The Labute approximate surface area is 153 Å². The van der Waals surface area contributed by atoms with E-state index in [0.29, 0.717) is 18.9 Å². The van der Waals surface area contributed by atoms with E-state index < -0.39 is 5.60 Å². The third-order valence-electron chi connectivity index (χ3n) is 4.29. The zero-order chi connectivity index (χ0) is 18.4. The minimum atomic E-state index is -1.25. The molecule has 0 unspecified atom stereocenters. The van der Waals surface area contributed by atoms with E-state index in [0.717, 1.165) is 11.1 Å². The Kier molecular flexibility index (Phi) is 5.85. The van der Waals surface area contributed by atoms with Gasteiger partial charge in [-0.05, 0) is 36.2 Å². The van der Waals surface area contributed by atoms with Crippen molar-refractivity contribution in [2.45, 2.75) is 18.9 Å². The number of aryl methyl sites for hydroxylation is 1. The number of carbonyl (C=O) groups excluding carboxylic acids is 1. The molecule has 26 heavy (non-hydrogen) atoms. The van der Waals surface area contributed by atoms with Crippen LogP contribution in [-0.4, -0.2) is 59.4 Å². The Morgan fingerprint density at radius 2 is 2.27 bits per heavy atom. The summed E-state index contributed by atoms with van der Waals surface area (Å²) in [6, 6.07) is 11.3. The molecule has 0 aliphatic carbocycles. The van der Waals surface area contributed by atoms with Crippen molar-refractivity contribution in [2.24, 2.45) is 0 Å². The van der Waals surface area contributed by atoms with Crippen LogP contribution in [0.3, 0.4) is 0 Å². The maximum absolute atomic E-state index is 12.6. The van der Waals surface area contributed by atoms with Crippen molar-refractivity contribution in [1.29, 1.82) is 0 Å². The van der Waals surface area contributed by atoms with Crippen molar-refractivity contribution in [3.05, 3.63) is 59.9 Å². The molecule has 2 aromatic rings. The second-order valence-corrected chi connectivity index (χ2v) is 6.74. The smallest absolute Gasteiger partial charge is 0.227 e. The van der Waals surface area contributed by atoms with Crippen LogP contribution in [0.2, 0.25) is 0 Å². The van der Waals surface area contributed by atoms with E-state index in [9.17, 15) is 9.90 Å². The fourth-order valence-corrected chi connectivity index (χ4v) is 2.93. The van der Waals surface area contributed by atoms with Crippen molar-refractivity contribution >= 4 is 5.91 Å². The van der Waals surface area contributed by atoms with Gasteiger partial charge < -0.3 is 19.5 Å². The number of benzene rings is 1. The van der Waals surface area contributed by atoms with E-state index in [1.165, 1.54) is 0 Å². The summed E-state index contributed by atoms with van der Waals surface area (Å²) in [5, 5.41) is 10.9. The molecule has 1 fully saturated rings. The highest BCUT2D eigenvalue weighted by atomic mass is 16.5. The molecule has 6 heteroatoms. The molecule has 1 atom stereocenters. The monoisotopic (exact) mass is 356 g/mol. The molecule has 1 N–H and O–H groups in total. The summed E-state index contributed by atoms with van der Waals surface area (Å²) in [4.78, 5) is 18.3. The Bertz CT molecular complexity index is 738. The van der Waals surface area contributed by atoms with E-state index in [4.69, 9.17) is 9.47 Å². The van der Waals surface area contributed by atoms with Crippen molar-refractivity contribution in [2.75, 3.05) is 32.9 Å². The first-order valence-electron chi connectivity index (χ1n) is 8.70. The number of rotatable bonds is 5. The topological polar surface area (TPSA) is 71.9 Å². The number of β-amino-alcohol motifs (C(OH)–C–C–N with tert-alkyl or cyclic N) is 1. The number of nitrogens with zero attached hydrogens (tertiary/aromatic N) is 2. The van der Waals surface area contributed by atoms with Crippen molar-refractivity contribution in [1.82, 2.24) is 9.88 Å². The van der Waals surface area contributed by atoms with Crippen LogP contribution in [0.5, 0.6) is 5.75 Å². The summed E-state index contributed by atoms with van der Waals surface area (Å²) in [5.74, 6) is 0.633. The lowest BCUT2D eigenvalue weighted by molar-refractivity contribution is -0.134. The van der Waals surface area contributed by atoms with Crippen molar-refractivity contribution in [3.63, 3.8) is 0 Å². The third kappa shape index (κ3) is 5.03. The highest BCUT2D eigenvalue weighted by Crippen LogP contribution is 2.18. The molecule has 1 saturated heterocycles. The van der Waals surface area contributed by atoms with Crippen molar-refractivity contribution in [3.8, 4) is 5.75 Å². The van der Waals surface area contributed by atoms with Gasteiger partial charge in [0.05, 0.1) is 26.2 Å². The molecular weight excluding hydrogens is 332 g/mol. The van der Waals surface area contributed by atoms with Crippen LogP contribution >= 0.6 is 0 Å². The second-order valence-electron chi connectivity index (χ2n) is 6.74. The van der Waals surface area contributed by atoms with Gasteiger partial charge in [0.15, 0.2) is 0 Å². The first-order chi connectivity index (χ1) is 12.5. The highest BCUT2D eigenvalue weighted by Gasteiger charge is 2.35. The number of aromatic nitrogens is 1. The molecule has 1 aliphatic heterocycles. The van der Waals surface area contributed by atoms with Crippen LogP contribution in [0.4, 0.5) is 0 Å². The van der Waals surface area contributed by atoms with Gasteiger partial charge in [-0.2, -0.15) is 0 Å². The van der Waals surface area contributed by atoms with Gasteiger partial charge in [0.1, 0.15) is 18.0 Å². The Balaban J connectivity index is 1.63. The molecule has 6 nitrogen and oxygen atoms in total. The van der Waals surface area contributed by atoms with Gasteiger partial charge in [-0.15, -0.1) is 0 Å². The second kappa shape index (κ2) is 8.29. The Hall–Kier alpha value is -2.44. The molecule has 1 aromatic heterocycles. The Morgan fingerprint density at radius 3 is 3.04 bits per heavy atom. The SMILES string of the molecule is Cc1cccc(OC[C@]2(O)COCCN(C(=O)Cc3cccnc3)C2)c1. The molecule has 2 heterocycles. The first-order valence-corrected chi connectivity index (χ1v) is 8.70. The molecule has 0 spiro atoms. The van der Waals surface area contributed by atoms with Crippen LogP contribution < -0.4 is 4.74 Å². The standard InChI is InChI=1S/C20H24N2O4/c1-16-4-2-6-18(10-16)26-15-20(24)13-22(8-9-25-14-20)19(23)11-17-5-3-7-21-12-17/h2-7,10,12,24H,8-9,11,13-15H2,1H3/t20-/m1/s1. The normalized spacial score (nSPS) is 20.5. The number of carbonyl (C=O) groups is 1. The largest absolute Gasteiger partial charge is 0.490 e. The van der Waals surface area contributed by atoms with Gasteiger partial charge in [0.25, 0.3) is 0 Å². The van der Waals surface area contributed by atoms with Crippen LogP contribution in [0.25, 0.3) is 0 Å². The average Bonchev–Trinajstić information content (AvgIpc) is 2.83. The average molecular weight is 356 g/mol. The van der Waals surface area contributed by atoms with E-state index in [2.05, 4.69) is 4.98 Å². The zero-order valence-electron chi connectivity index (χ0n) is 14.9. The summed E-state index contributed by atoms with van der Waals surface area (Å²) < 4.78 is 11.3. The van der Waals surface area contributed by atoms with Crippen LogP contribution in [0.15, 0.2) is 48.8 Å². The molecule has 0 radical (unpaired) electrons. The predicted molar refractivity (Wildman–Crippen MR) is 97.0 cm³/mol. The zero-order valence-corrected chi connectivity index (χ0v) is 14.9. The minimum Gasteiger partial charge on any atom is -0.490 e. The van der Waals surface area contributed by atoms with E-state index >= 15 is 0 Å². The molecule has 1 amide bonds. The summed E-state index contributed by atoms with van der Waals surface area (Å²) in [6.07, 6.45) is 3.61. The molecule has 0 saturated carbocycles. The molecular formula is C20H24N2O4. The Morgan fingerprint density at radius 1 is 1.38 bits per heavy atom. The molecule has 3 rings (SSSR count). The van der Waals surface area contributed by atoms with E-state index in [-0.39, 0.29) is 32.1 Å². The first kappa shape index (κ1) is 18.4. The maximum atomic E-state index is 12.6. The number of hydrogen-bond acceptors (Lipinski definition) is 5. The van der Waals surface area contributed by atoms with Gasteiger partial charge in [-0.3, -0.25) is 9.78 Å². The van der Waals surface area contributed by atoms with E-state index in [1.807, 2.05) is 37.3 Å². The predicted octanol–water partition coefficient (Wildman–Crippen LogP) is 1.60. The fraction of sp³-hybridized carbons (Fsp3) is 0.400. The molecule has 0 bridgehead atoms. The quantitative estimate of drug-likeness (QED) is 0.881. The lowest BCUT2D eigenvalue weighted by Crippen LogP contribution is -2.50. The number of ether oxygens (including phenoxy) is 2. The van der Waals surface area contributed by atoms with Crippen LogP contribution in [0.1, 0.15) is 11.1 Å². The molecule has 138 valence electrons. The van der Waals surface area contributed by atoms with Crippen LogP contribution in [-0.2, 0) is 16.0 Å². The lowest BCUT2D eigenvalue weighted by Gasteiger charge is -2.30. The van der Waals surface area contributed by atoms with Gasteiger partial charge in [-0.1, -0.05) is 18.2 Å². The highest BCUT2D eigenvalue weighted by molar-refractivity contribution is 5.78. The number of amides is 1. The summed E-state index contributed by atoms with van der Waals surface area (Å²) >= 11 is 0. The third-order valence-corrected chi connectivity index (χ3v) is 4.29. The number of pyridine rings is 1. The molecule has 1 aliphatic rings. The summed E-state index contributed by atoms with van der Waals surface area (Å²) in [6.45, 7) is 3.20. The maximum Gasteiger partial charge on any atom is 0.227 e. The minimum absolute atomic E-state index is 0.0579. The van der Waals surface area contributed by atoms with E-state index in [1.54, 1.807) is 23.4 Å². The lowest BCUT2D eigenvalue weighted by atomic mass is 10.1. The van der Waals surface area contributed by atoms with Crippen molar-refractivity contribution < 1.29 is 19.4 Å². The van der Waals surface area contributed by atoms with Crippen LogP contribution in [0, 0.1) is 6.92 Å². The fourth-order valence-electron chi connectivity index (χ4n) is 2.93. The van der Waals surface area contributed by atoms with Gasteiger partial charge >= 0.3 is 0 Å². The molecule has 1 aromatic carbocycles. The van der Waals surface area contributed by atoms with Gasteiger partial charge in [-0.25, -0.2) is 0 Å².